The molecule has 5 N–H and O–H groups in total. The van der Waals surface area contributed by atoms with Gasteiger partial charge < -0.3 is 21.5 Å². The Morgan fingerprint density at radius 1 is 1.22 bits per heavy atom. The molecular weight excluding hydrogens is 472 g/mol. The molecule has 0 spiro atoms. The number of ether oxygens (including phenoxy) is 1. The fourth-order valence-corrected chi connectivity index (χ4v) is 2.75. The van der Waals surface area contributed by atoms with E-state index >= 15 is 0 Å². The summed E-state index contributed by atoms with van der Waals surface area (Å²) in [7, 11) is 0. The van der Waals surface area contributed by atoms with Crippen molar-refractivity contribution in [2.24, 2.45) is 5.73 Å². The van der Waals surface area contributed by atoms with Gasteiger partial charge >= 0.3 is 0 Å². The van der Waals surface area contributed by atoms with E-state index in [1.54, 1.807) is 0 Å². The lowest BCUT2D eigenvalue weighted by Crippen LogP contribution is -2.29. The van der Waals surface area contributed by atoms with Crippen molar-refractivity contribution in [3.63, 3.8) is 0 Å². The number of pyridine rings is 1. The summed E-state index contributed by atoms with van der Waals surface area (Å²) in [6, 6.07) is 3.74. The van der Waals surface area contributed by atoms with Crippen molar-refractivity contribution in [2.45, 2.75) is 6.10 Å². The molecule has 0 aliphatic carbocycles. The Morgan fingerprint density at radius 2 is 1.91 bits per heavy atom. The van der Waals surface area contributed by atoms with Gasteiger partial charge in [-0.3, -0.25) is 4.79 Å². The second kappa shape index (κ2) is 10.9. The lowest BCUT2D eigenvalue weighted by molar-refractivity contribution is 0.102. The minimum atomic E-state index is -1.10. The number of nitrogens with two attached hydrogens (primary N) is 2. The van der Waals surface area contributed by atoms with Gasteiger partial charge in [-0.05, 0) is 12.1 Å². The number of carbonyl (C=O) groups excluding carboxylic acids is 1. The molecule has 1 amide bonds. The molecule has 13 heteroatoms. The number of nitrogens with one attached hydrogen (secondary N) is 1. The van der Waals surface area contributed by atoms with E-state index < -0.39 is 46.4 Å². The topological polar surface area (TPSA) is 129 Å². The Morgan fingerprint density at radius 3 is 2.53 bits per heavy atom. The molecule has 0 aliphatic heterocycles. The summed E-state index contributed by atoms with van der Waals surface area (Å²) in [6.45, 7) is 0.0882. The standard InChI is InChI=1S/C19H16ClF3N6O2.ClH/c20-5-9(6-24)31-19-14(7-26-8-27-19)28-18(30)17-13(25)4-12(23)16(29-17)15-10(21)2-1-3-11(15)22;/h1-4,7-9H,5-6,24-25H2,(H,28,30);1H. The zero-order valence-corrected chi connectivity index (χ0v) is 17.8. The van der Waals surface area contributed by atoms with E-state index in [9.17, 15) is 18.0 Å². The molecule has 1 unspecified atom stereocenters. The normalized spacial score (nSPS) is 11.4. The predicted molar refractivity (Wildman–Crippen MR) is 115 cm³/mol. The lowest BCUT2D eigenvalue weighted by atomic mass is 10.1. The van der Waals surface area contributed by atoms with Gasteiger partial charge in [-0.25, -0.2) is 23.1 Å². The number of nitrogens with zero attached hydrogens (tertiary/aromatic N) is 3. The maximum absolute atomic E-state index is 14.4. The maximum Gasteiger partial charge on any atom is 0.276 e. The van der Waals surface area contributed by atoms with Crippen molar-refractivity contribution in [3.8, 4) is 17.1 Å². The fraction of sp³-hybridized carbons (Fsp3) is 0.158. The van der Waals surface area contributed by atoms with Crippen LogP contribution in [0.1, 0.15) is 10.5 Å². The molecule has 0 radical (unpaired) electrons. The monoisotopic (exact) mass is 488 g/mol. The summed E-state index contributed by atoms with van der Waals surface area (Å²) < 4.78 is 48.1. The Bertz CT molecular complexity index is 1100. The molecule has 0 aliphatic rings. The molecule has 170 valence electrons. The van der Waals surface area contributed by atoms with E-state index in [0.717, 1.165) is 24.3 Å². The van der Waals surface area contributed by atoms with Gasteiger partial charge in [-0.2, -0.15) is 4.98 Å². The Hall–Kier alpha value is -3.15. The van der Waals surface area contributed by atoms with Gasteiger partial charge in [0.05, 0.1) is 23.3 Å². The number of halogens is 5. The molecule has 3 rings (SSSR count). The van der Waals surface area contributed by atoms with Gasteiger partial charge in [0.15, 0.2) is 11.5 Å². The minimum absolute atomic E-state index is 0. The van der Waals surface area contributed by atoms with Gasteiger partial charge in [0, 0.05) is 12.6 Å². The molecule has 1 aromatic carbocycles. The van der Waals surface area contributed by atoms with Crippen LogP contribution < -0.4 is 21.5 Å². The largest absolute Gasteiger partial charge is 0.470 e. The zero-order valence-electron chi connectivity index (χ0n) is 16.2. The van der Waals surface area contributed by atoms with Crippen LogP contribution in [0.3, 0.4) is 0 Å². The van der Waals surface area contributed by atoms with Crippen LogP contribution in [0.2, 0.25) is 0 Å². The van der Waals surface area contributed by atoms with Gasteiger partial charge in [-0.15, -0.1) is 24.0 Å². The summed E-state index contributed by atoms with van der Waals surface area (Å²) in [5, 5.41) is 2.42. The molecule has 8 nitrogen and oxygen atoms in total. The van der Waals surface area contributed by atoms with Crippen LogP contribution in [0.25, 0.3) is 11.3 Å². The highest BCUT2D eigenvalue weighted by atomic mass is 35.5. The van der Waals surface area contributed by atoms with E-state index in [2.05, 4.69) is 20.3 Å². The molecular formula is C19H17Cl2F3N6O2. The number of anilines is 2. The molecule has 1 atom stereocenters. The molecule has 3 aromatic rings. The van der Waals surface area contributed by atoms with E-state index in [-0.39, 0.29) is 42.1 Å². The summed E-state index contributed by atoms with van der Waals surface area (Å²) in [4.78, 5) is 24.2. The van der Waals surface area contributed by atoms with Crippen LogP contribution in [-0.2, 0) is 0 Å². The summed E-state index contributed by atoms with van der Waals surface area (Å²) >= 11 is 5.75. The molecule has 0 saturated heterocycles. The first-order valence-corrected chi connectivity index (χ1v) is 9.33. The van der Waals surface area contributed by atoms with Crippen LogP contribution in [0.5, 0.6) is 5.88 Å². The molecule has 0 saturated carbocycles. The van der Waals surface area contributed by atoms with E-state index in [4.69, 9.17) is 27.8 Å². The van der Waals surface area contributed by atoms with Crippen LogP contribution in [-0.4, -0.2) is 39.4 Å². The molecule has 0 fully saturated rings. The number of carbonyl (C=O) groups is 1. The smallest absolute Gasteiger partial charge is 0.276 e. The average molecular weight is 489 g/mol. The van der Waals surface area contributed by atoms with Crippen molar-refractivity contribution in [1.82, 2.24) is 15.0 Å². The number of alkyl halides is 1. The van der Waals surface area contributed by atoms with Crippen LogP contribution >= 0.6 is 24.0 Å². The highest BCUT2D eigenvalue weighted by Gasteiger charge is 2.23. The maximum atomic E-state index is 14.4. The molecule has 2 aromatic heterocycles. The quantitative estimate of drug-likeness (QED) is 0.435. The second-order valence-electron chi connectivity index (χ2n) is 6.18. The van der Waals surface area contributed by atoms with Crippen LogP contribution in [0.4, 0.5) is 24.5 Å². The highest BCUT2D eigenvalue weighted by Crippen LogP contribution is 2.29. The third-order valence-corrected chi connectivity index (χ3v) is 4.40. The molecule has 2 heterocycles. The Labute approximate surface area is 191 Å². The van der Waals surface area contributed by atoms with Crippen molar-refractivity contribution < 1.29 is 22.7 Å². The van der Waals surface area contributed by atoms with E-state index in [1.807, 2.05) is 0 Å². The van der Waals surface area contributed by atoms with Gasteiger partial charge in [0.25, 0.3) is 5.91 Å². The highest BCUT2D eigenvalue weighted by molar-refractivity contribution is 6.18. The fourth-order valence-electron chi connectivity index (χ4n) is 2.56. The minimum Gasteiger partial charge on any atom is -0.470 e. The average Bonchev–Trinajstić information content (AvgIpc) is 2.74. The number of rotatable bonds is 7. The first kappa shape index (κ1) is 25.1. The summed E-state index contributed by atoms with van der Waals surface area (Å²) in [5.74, 6) is -4.08. The first-order chi connectivity index (χ1) is 14.8. The Kier molecular flexibility index (Phi) is 8.58. The third kappa shape index (κ3) is 5.36. The number of nitrogen functional groups attached to an aromatic ring is 1. The zero-order chi connectivity index (χ0) is 22.5. The SMILES string of the molecule is Cl.NCC(CCl)Oc1ncncc1NC(=O)c1nc(-c2c(F)cccc2F)c(F)cc1N. The van der Waals surface area contributed by atoms with Crippen molar-refractivity contribution in [2.75, 3.05) is 23.5 Å². The number of benzene rings is 1. The van der Waals surface area contributed by atoms with Crippen LogP contribution in [0.15, 0.2) is 36.8 Å². The summed E-state index contributed by atoms with van der Waals surface area (Å²) in [6.07, 6.45) is 1.83. The Balaban J connectivity index is 0.00000363. The first-order valence-electron chi connectivity index (χ1n) is 8.80. The van der Waals surface area contributed by atoms with Crippen molar-refractivity contribution in [3.05, 3.63) is 59.9 Å². The van der Waals surface area contributed by atoms with Crippen LogP contribution in [0, 0.1) is 17.5 Å². The van der Waals surface area contributed by atoms with Gasteiger partial charge in [-0.1, -0.05) is 6.07 Å². The molecule has 32 heavy (non-hydrogen) atoms. The van der Waals surface area contributed by atoms with Crippen molar-refractivity contribution in [1.29, 1.82) is 0 Å². The van der Waals surface area contributed by atoms with Gasteiger partial charge in [0.1, 0.15) is 35.4 Å². The number of hydrogen-bond acceptors (Lipinski definition) is 7. The number of amides is 1. The van der Waals surface area contributed by atoms with Gasteiger partial charge in [0.2, 0.25) is 5.88 Å². The van der Waals surface area contributed by atoms with E-state index in [1.165, 1.54) is 12.5 Å². The lowest BCUT2D eigenvalue weighted by Gasteiger charge is -2.16. The second-order valence-corrected chi connectivity index (χ2v) is 6.49. The third-order valence-electron chi connectivity index (χ3n) is 4.06. The predicted octanol–water partition coefficient (Wildman–Crippen LogP) is 3.16. The van der Waals surface area contributed by atoms with E-state index in [0.29, 0.717) is 0 Å². The molecule has 0 bridgehead atoms. The summed E-state index contributed by atoms with van der Waals surface area (Å²) in [5.41, 5.74) is 9.02. The van der Waals surface area contributed by atoms with Crippen molar-refractivity contribution >= 4 is 41.3 Å². The number of aromatic nitrogens is 3. The number of hydrogen-bond donors (Lipinski definition) is 3.